The summed E-state index contributed by atoms with van der Waals surface area (Å²) in [6.45, 7) is -0.0288. The van der Waals surface area contributed by atoms with Crippen LogP contribution in [0.5, 0.6) is 0 Å². The highest BCUT2D eigenvalue weighted by Crippen LogP contribution is 2.28. The third-order valence-corrected chi connectivity index (χ3v) is 2.46. The predicted molar refractivity (Wildman–Crippen MR) is 52.1 cm³/mol. The van der Waals surface area contributed by atoms with Crippen molar-refractivity contribution in [2.45, 2.75) is 6.17 Å². The van der Waals surface area contributed by atoms with Crippen molar-refractivity contribution in [1.29, 1.82) is 0 Å². The number of benzene rings is 1. The van der Waals surface area contributed by atoms with Crippen molar-refractivity contribution < 1.29 is 4.39 Å². The van der Waals surface area contributed by atoms with Crippen LogP contribution in [0.3, 0.4) is 0 Å². The lowest BCUT2D eigenvalue weighted by molar-refractivity contribution is 0.351. The van der Waals surface area contributed by atoms with E-state index in [1.54, 1.807) is 18.2 Å². The quantitative estimate of drug-likeness (QED) is 0.860. The normalized spacial score (nSPS) is 13.0. The Hall–Kier alpha value is -0.120. The van der Waals surface area contributed by atoms with Gasteiger partial charge in [0.15, 0.2) is 0 Å². The summed E-state index contributed by atoms with van der Waals surface area (Å²) >= 11 is 8.91. The molecule has 0 saturated carbocycles. The molecule has 1 rings (SSSR count). The van der Waals surface area contributed by atoms with E-state index in [0.717, 1.165) is 0 Å². The number of rotatable bonds is 2. The summed E-state index contributed by atoms with van der Waals surface area (Å²) in [5.41, 5.74) is 5.69. The maximum Gasteiger partial charge on any atom is 0.138 e. The fourth-order valence-corrected chi connectivity index (χ4v) is 1.56. The molecule has 0 aliphatic carbocycles. The van der Waals surface area contributed by atoms with Crippen molar-refractivity contribution in [3.63, 3.8) is 0 Å². The molecular weight excluding hydrogens is 244 g/mol. The Labute approximate surface area is 83.8 Å². The highest BCUT2D eigenvalue weighted by molar-refractivity contribution is 9.10. The first-order valence-corrected chi connectivity index (χ1v) is 4.61. The molecule has 0 aliphatic heterocycles. The topological polar surface area (TPSA) is 26.0 Å². The van der Waals surface area contributed by atoms with Gasteiger partial charge in [-0.1, -0.05) is 27.5 Å². The summed E-state index contributed by atoms with van der Waals surface area (Å²) in [7, 11) is 0. The Morgan fingerprint density at radius 3 is 2.83 bits per heavy atom. The van der Waals surface area contributed by atoms with E-state index in [0.29, 0.717) is 15.1 Å². The maximum absolute atomic E-state index is 13.1. The van der Waals surface area contributed by atoms with Crippen LogP contribution in [-0.4, -0.2) is 6.54 Å². The molecule has 1 nitrogen and oxygen atoms in total. The van der Waals surface area contributed by atoms with Gasteiger partial charge in [-0.25, -0.2) is 4.39 Å². The second kappa shape index (κ2) is 4.21. The van der Waals surface area contributed by atoms with Gasteiger partial charge in [-0.2, -0.15) is 0 Å². The SMILES string of the molecule is NCC(F)c1cc(Cl)ccc1Br. The molecule has 0 amide bonds. The molecule has 0 radical (unpaired) electrons. The zero-order valence-electron chi connectivity index (χ0n) is 6.23. The van der Waals surface area contributed by atoms with Crippen LogP contribution in [0.25, 0.3) is 0 Å². The van der Waals surface area contributed by atoms with E-state index in [2.05, 4.69) is 15.9 Å². The average Bonchev–Trinajstić information content (AvgIpc) is 2.08. The molecule has 12 heavy (non-hydrogen) atoms. The smallest absolute Gasteiger partial charge is 0.138 e. The van der Waals surface area contributed by atoms with Crippen LogP contribution in [0.2, 0.25) is 5.02 Å². The van der Waals surface area contributed by atoms with Crippen LogP contribution in [0.1, 0.15) is 11.7 Å². The van der Waals surface area contributed by atoms with Crippen LogP contribution < -0.4 is 5.73 Å². The van der Waals surface area contributed by atoms with Gasteiger partial charge in [-0.05, 0) is 18.2 Å². The highest BCUT2D eigenvalue weighted by Gasteiger charge is 2.11. The summed E-state index contributed by atoms with van der Waals surface area (Å²) in [5, 5.41) is 0.518. The fourth-order valence-electron chi connectivity index (χ4n) is 0.882. The molecule has 0 aromatic heterocycles. The van der Waals surface area contributed by atoms with E-state index in [1.165, 1.54) is 0 Å². The molecule has 0 bridgehead atoms. The molecule has 0 saturated heterocycles. The third-order valence-electron chi connectivity index (χ3n) is 1.50. The molecule has 1 atom stereocenters. The Balaban J connectivity index is 3.04. The summed E-state index contributed by atoms with van der Waals surface area (Å²) in [4.78, 5) is 0. The summed E-state index contributed by atoms with van der Waals surface area (Å²) in [5.74, 6) is 0. The van der Waals surface area contributed by atoms with Gasteiger partial charge in [0, 0.05) is 21.6 Å². The second-order valence-electron chi connectivity index (χ2n) is 2.37. The zero-order valence-corrected chi connectivity index (χ0v) is 8.57. The lowest BCUT2D eigenvalue weighted by Crippen LogP contribution is -2.08. The number of halogens is 3. The minimum atomic E-state index is -1.15. The lowest BCUT2D eigenvalue weighted by atomic mass is 10.1. The fraction of sp³-hybridized carbons (Fsp3) is 0.250. The lowest BCUT2D eigenvalue weighted by Gasteiger charge is -2.07. The molecule has 4 heteroatoms. The number of nitrogens with two attached hydrogens (primary N) is 1. The Kier molecular flexibility index (Phi) is 3.50. The van der Waals surface area contributed by atoms with Crippen LogP contribution in [0.4, 0.5) is 4.39 Å². The maximum atomic E-state index is 13.1. The van der Waals surface area contributed by atoms with Gasteiger partial charge in [0.25, 0.3) is 0 Å². The van der Waals surface area contributed by atoms with E-state index in [4.69, 9.17) is 17.3 Å². The molecule has 1 aromatic rings. The first-order valence-electron chi connectivity index (χ1n) is 3.44. The molecule has 0 aliphatic rings. The van der Waals surface area contributed by atoms with E-state index in [9.17, 15) is 4.39 Å². The first-order chi connectivity index (χ1) is 5.65. The average molecular weight is 253 g/mol. The molecule has 1 aromatic carbocycles. The molecule has 2 N–H and O–H groups in total. The van der Waals surface area contributed by atoms with Gasteiger partial charge in [0.2, 0.25) is 0 Å². The van der Waals surface area contributed by atoms with Gasteiger partial charge in [0.1, 0.15) is 6.17 Å². The highest BCUT2D eigenvalue weighted by atomic mass is 79.9. The standard InChI is InChI=1S/C8H8BrClFN/c9-7-2-1-5(10)3-6(7)8(11)4-12/h1-3,8H,4,12H2. The Morgan fingerprint density at radius 2 is 2.25 bits per heavy atom. The molecule has 0 heterocycles. The molecule has 0 spiro atoms. The molecule has 66 valence electrons. The van der Waals surface area contributed by atoms with E-state index < -0.39 is 6.17 Å². The van der Waals surface area contributed by atoms with E-state index in [-0.39, 0.29) is 6.54 Å². The van der Waals surface area contributed by atoms with Gasteiger partial charge in [-0.3, -0.25) is 0 Å². The predicted octanol–water partition coefficient (Wildman–Crippen LogP) is 3.07. The number of hydrogen-bond acceptors (Lipinski definition) is 1. The molecular formula is C8H8BrClFN. The molecule has 1 unspecified atom stereocenters. The monoisotopic (exact) mass is 251 g/mol. The Bertz CT molecular complexity index is 280. The van der Waals surface area contributed by atoms with Crippen LogP contribution >= 0.6 is 27.5 Å². The minimum absolute atomic E-state index is 0.0288. The third kappa shape index (κ3) is 2.19. The van der Waals surface area contributed by atoms with E-state index in [1.807, 2.05) is 0 Å². The van der Waals surface area contributed by atoms with Gasteiger partial charge in [-0.15, -0.1) is 0 Å². The van der Waals surface area contributed by atoms with Crippen LogP contribution in [0, 0.1) is 0 Å². The van der Waals surface area contributed by atoms with Crippen molar-refractivity contribution >= 4 is 27.5 Å². The molecule has 0 fully saturated rings. The summed E-state index contributed by atoms with van der Waals surface area (Å²) < 4.78 is 13.8. The minimum Gasteiger partial charge on any atom is -0.327 e. The van der Waals surface area contributed by atoms with Gasteiger partial charge in [0.05, 0.1) is 0 Å². The summed E-state index contributed by atoms with van der Waals surface area (Å²) in [6.07, 6.45) is -1.15. The van der Waals surface area contributed by atoms with Crippen molar-refractivity contribution in [3.8, 4) is 0 Å². The largest absolute Gasteiger partial charge is 0.327 e. The summed E-state index contributed by atoms with van der Waals surface area (Å²) in [6, 6.07) is 4.97. The van der Waals surface area contributed by atoms with Crippen molar-refractivity contribution in [3.05, 3.63) is 33.3 Å². The first kappa shape index (κ1) is 9.96. The van der Waals surface area contributed by atoms with Crippen LogP contribution in [0.15, 0.2) is 22.7 Å². The van der Waals surface area contributed by atoms with Crippen molar-refractivity contribution in [2.24, 2.45) is 5.73 Å². The van der Waals surface area contributed by atoms with Crippen molar-refractivity contribution in [1.82, 2.24) is 0 Å². The van der Waals surface area contributed by atoms with Crippen molar-refractivity contribution in [2.75, 3.05) is 6.54 Å². The second-order valence-corrected chi connectivity index (χ2v) is 3.66. The number of hydrogen-bond donors (Lipinski definition) is 1. The van der Waals surface area contributed by atoms with Gasteiger partial charge >= 0.3 is 0 Å². The Morgan fingerprint density at radius 1 is 1.58 bits per heavy atom. The van der Waals surface area contributed by atoms with Crippen LogP contribution in [-0.2, 0) is 0 Å². The van der Waals surface area contributed by atoms with Gasteiger partial charge < -0.3 is 5.73 Å². The van der Waals surface area contributed by atoms with E-state index >= 15 is 0 Å². The zero-order chi connectivity index (χ0) is 9.14. The number of alkyl halides is 1.